The van der Waals surface area contributed by atoms with Gasteiger partial charge in [-0.05, 0) is 30.9 Å². The first kappa shape index (κ1) is 12.9. The summed E-state index contributed by atoms with van der Waals surface area (Å²) in [5.74, 6) is 0.554. The first-order valence-electron chi connectivity index (χ1n) is 6.84. The molecule has 18 heavy (non-hydrogen) atoms. The number of hydrogen-bond donors (Lipinski definition) is 0. The number of benzene rings is 1. The molecule has 0 aromatic heterocycles. The Kier molecular flexibility index (Phi) is 3.90. The van der Waals surface area contributed by atoms with Crippen molar-refractivity contribution in [3.05, 3.63) is 47.6 Å². The van der Waals surface area contributed by atoms with Gasteiger partial charge in [0.1, 0.15) is 0 Å². The van der Waals surface area contributed by atoms with Crippen LogP contribution in [0.3, 0.4) is 0 Å². The van der Waals surface area contributed by atoms with E-state index in [0.29, 0.717) is 12.0 Å². The molecule has 1 heteroatoms. The Morgan fingerprint density at radius 3 is 2.50 bits per heavy atom. The minimum absolute atomic E-state index is 0.514. The van der Waals surface area contributed by atoms with Gasteiger partial charge in [0.15, 0.2) is 0 Å². The van der Waals surface area contributed by atoms with Gasteiger partial charge < -0.3 is 4.90 Å². The summed E-state index contributed by atoms with van der Waals surface area (Å²) in [5.41, 5.74) is 4.18. The molecule has 0 saturated carbocycles. The summed E-state index contributed by atoms with van der Waals surface area (Å²) in [5, 5.41) is 0. The second-order valence-electron chi connectivity index (χ2n) is 5.47. The van der Waals surface area contributed by atoms with Crippen molar-refractivity contribution >= 4 is 11.8 Å². The van der Waals surface area contributed by atoms with Crippen molar-refractivity contribution in [2.75, 3.05) is 11.4 Å². The Hall–Kier alpha value is -1.50. The molecule has 0 unspecified atom stereocenters. The van der Waals surface area contributed by atoms with Crippen molar-refractivity contribution in [2.24, 2.45) is 0 Å². The Balaban J connectivity index is 2.61. The summed E-state index contributed by atoms with van der Waals surface area (Å²) in [6, 6.07) is 7.16. The molecule has 1 aliphatic rings. The largest absolute Gasteiger partial charge is 0.365 e. The number of allylic oxidation sites excluding steroid dienone is 2. The van der Waals surface area contributed by atoms with Crippen molar-refractivity contribution in [3.8, 4) is 0 Å². The summed E-state index contributed by atoms with van der Waals surface area (Å²) in [4.78, 5) is 2.49. The van der Waals surface area contributed by atoms with E-state index in [1.54, 1.807) is 0 Å². The van der Waals surface area contributed by atoms with Gasteiger partial charge in [-0.3, -0.25) is 0 Å². The SMILES string of the molecule is CC(C)c1cccc2c1N(C(C)C)C/C=C\C=C/2. The fourth-order valence-corrected chi connectivity index (χ4v) is 2.48. The average Bonchev–Trinajstić information content (AvgIpc) is 2.28. The lowest BCUT2D eigenvalue weighted by molar-refractivity contribution is 0.711. The van der Waals surface area contributed by atoms with Crippen LogP contribution in [0.5, 0.6) is 0 Å². The van der Waals surface area contributed by atoms with Crippen molar-refractivity contribution < 1.29 is 0 Å². The van der Waals surface area contributed by atoms with Crippen LogP contribution in [-0.4, -0.2) is 12.6 Å². The molecular formula is C17H23N. The summed E-state index contributed by atoms with van der Waals surface area (Å²) in [6.07, 6.45) is 8.73. The van der Waals surface area contributed by atoms with E-state index >= 15 is 0 Å². The van der Waals surface area contributed by atoms with Gasteiger partial charge in [-0.15, -0.1) is 0 Å². The Bertz CT molecular complexity index is 466. The molecule has 96 valence electrons. The fourth-order valence-electron chi connectivity index (χ4n) is 2.48. The van der Waals surface area contributed by atoms with Gasteiger partial charge in [-0.2, -0.15) is 0 Å². The summed E-state index contributed by atoms with van der Waals surface area (Å²) >= 11 is 0. The zero-order valence-electron chi connectivity index (χ0n) is 11.9. The summed E-state index contributed by atoms with van der Waals surface area (Å²) < 4.78 is 0. The topological polar surface area (TPSA) is 3.24 Å². The van der Waals surface area contributed by atoms with E-state index < -0.39 is 0 Å². The lowest BCUT2D eigenvalue weighted by Gasteiger charge is -2.33. The minimum Gasteiger partial charge on any atom is -0.365 e. The van der Waals surface area contributed by atoms with Crippen LogP contribution in [0.4, 0.5) is 5.69 Å². The predicted molar refractivity (Wildman–Crippen MR) is 81.2 cm³/mol. The van der Waals surface area contributed by atoms with Crippen LogP contribution < -0.4 is 4.90 Å². The number of fused-ring (bicyclic) bond motifs is 1. The van der Waals surface area contributed by atoms with Crippen LogP contribution in [0.2, 0.25) is 0 Å². The third-order valence-corrected chi connectivity index (χ3v) is 3.46. The van der Waals surface area contributed by atoms with Gasteiger partial charge in [0.25, 0.3) is 0 Å². The Morgan fingerprint density at radius 2 is 1.83 bits per heavy atom. The lowest BCUT2D eigenvalue weighted by atomic mass is 9.95. The van der Waals surface area contributed by atoms with Crippen molar-refractivity contribution in [1.82, 2.24) is 0 Å². The maximum absolute atomic E-state index is 2.49. The van der Waals surface area contributed by atoms with Gasteiger partial charge in [0, 0.05) is 18.3 Å². The van der Waals surface area contributed by atoms with E-state index in [4.69, 9.17) is 0 Å². The summed E-state index contributed by atoms with van der Waals surface area (Å²) in [7, 11) is 0. The van der Waals surface area contributed by atoms with E-state index in [0.717, 1.165) is 6.54 Å². The molecule has 1 aromatic rings. The molecule has 0 amide bonds. The fraction of sp³-hybridized carbons (Fsp3) is 0.412. The zero-order chi connectivity index (χ0) is 13.1. The standard InChI is InChI=1S/C17H23N/c1-13(2)16-11-8-10-15-9-6-5-7-12-18(14(3)4)17(15)16/h5-11,13-14H,12H2,1-4H3/b7-5-,9-6-. The number of rotatable bonds is 2. The highest BCUT2D eigenvalue weighted by atomic mass is 15.2. The van der Waals surface area contributed by atoms with Gasteiger partial charge in [-0.1, -0.05) is 56.4 Å². The molecular weight excluding hydrogens is 218 g/mol. The van der Waals surface area contributed by atoms with Gasteiger partial charge >= 0.3 is 0 Å². The molecule has 2 rings (SSSR count). The quantitative estimate of drug-likeness (QED) is 0.731. The predicted octanol–water partition coefficient (Wildman–Crippen LogP) is 4.61. The van der Waals surface area contributed by atoms with Crippen LogP contribution in [0.1, 0.15) is 44.7 Å². The maximum Gasteiger partial charge on any atom is 0.0480 e. The highest BCUT2D eigenvalue weighted by molar-refractivity contribution is 5.73. The molecule has 0 spiro atoms. The zero-order valence-corrected chi connectivity index (χ0v) is 11.9. The second-order valence-corrected chi connectivity index (χ2v) is 5.47. The van der Waals surface area contributed by atoms with Crippen LogP contribution in [0, 0.1) is 0 Å². The van der Waals surface area contributed by atoms with Gasteiger partial charge in [-0.25, -0.2) is 0 Å². The third-order valence-electron chi connectivity index (χ3n) is 3.46. The lowest BCUT2D eigenvalue weighted by Crippen LogP contribution is -2.32. The molecule has 0 aliphatic carbocycles. The molecule has 0 saturated heterocycles. The van der Waals surface area contributed by atoms with E-state index in [1.165, 1.54) is 16.8 Å². The molecule has 0 radical (unpaired) electrons. The molecule has 1 heterocycles. The smallest absolute Gasteiger partial charge is 0.0480 e. The van der Waals surface area contributed by atoms with Gasteiger partial charge in [0.05, 0.1) is 0 Å². The van der Waals surface area contributed by atoms with Crippen molar-refractivity contribution in [3.63, 3.8) is 0 Å². The van der Waals surface area contributed by atoms with Crippen LogP contribution in [0.15, 0.2) is 36.4 Å². The highest BCUT2D eigenvalue weighted by Gasteiger charge is 2.18. The first-order chi connectivity index (χ1) is 8.61. The molecule has 1 aromatic carbocycles. The van der Waals surface area contributed by atoms with Crippen LogP contribution in [0.25, 0.3) is 6.08 Å². The second kappa shape index (κ2) is 5.43. The molecule has 0 fully saturated rings. The molecule has 0 bridgehead atoms. The van der Waals surface area contributed by atoms with Crippen molar-refractivity contribution in [2.45, 2.75) is 39.7 Å². The number of hydrogen-bond acceptors (Lipinski definition) is 1. The van der Waals surface area contributed by atoms with E-state index in [9.17, 15) is 0 Å². The molecule has 0 atom stereocenters. The molecule has 1 nitrogen and oxygen atoms in total. The van der Waals surface area contributed by atoms with Crippen molar-refractivity contribution in [1.29, 1.82) is 0 Å². The molecule has 0 N–H and O–H groups in total. The third kappa shape index (κ3) is 2.50. The maximum atomic E-state index is 2.49. The Labute approximate surface area is 111 Å². The number of nitrogens with zero attached hydrogens (tertiary/aromatic N) is 1. The first-order valence-corrected chi connectivity index (χ1v) is 6.84. The Morgan fingerprint density at radius 1 is 1.06 bits per heavy atom. The number of para-hydroxylation sites is 1. The molecule has 1 aliphatic heterocycles. The van der Waals surface area contributed by atoms with Crippen LogP contribution in [-0.2, 0) is 0 Å². The van der Waals surface area contributed by atoms with Gasteiger partial charge in [0.2, 0.25) is 0 Å². The normalized spacial score (nSPS) is 18.4. The van der Waals surface area contributed by atoms with E-state index in [-0.39, 0.29) is 0 Å². The average molecular weight is 241 g/mol. The monoisotopic (exact) mass is 241 g/mol. The summed E-state index contributed by atoms with van der Waals surface area (Å²) in [6.45, 7) is 10.1. The number of anilines is 1. The van der Waals surface area contributed by atoms with E-state index in [1.807, 2.05) is 0 Å². The highest BCUT2D eigenvalue weighted by Crippen LogP contribution is 2.33. The van der Waals surface area contributed by atoms with Crippen LogP contribution >= 0.6 is 0 Å². The minimum atomic E-state index is 0.514. The van der Waals surface area contributed by atoms with E-state index in [2.05, 4.69) is 75.1 Å².